The standard InChI is InChI=1S/C11H19N3O2/c1-4-12-8(3)10-13-14-11(16-10)9-6-5-7(2)15-9/h7-9,12H,4-6H2,1-3H3. The van der Waals surface area contributed by atoms with Crippen molar-refractivity contribution in [3.05, 3.63) is 11.8 Å². The van der Waals surface area contributed by atoms with Crippen molar-refractivity contribution in [2.75, 3.05) is 6.54 Å². The van der Waals surface area contributed by atoms with Crippen LogP contribution in [-0.4, -0.2) is 22.8 Å². The number of ether oxygens (including phenoxy) is 1. The van der Waals surface area contributed by atoms with Crippen molar-refractivity contribution in [2.45, 2.75) is 51.9 Å². The molecule has 1 N–H and O–H groups in total. The normalized spacial score (nSPS) is 27.2. The Kier molecular flexibility index (Phi) is 3.56. The molecule has 0 saturated carbocycles. The van der Waals surface area contributed by atoms with Gasteiger partial charge in [0.05, 0.1) is 12.1 Å². The Morgan fingerprint density at radius 1 is 1.44 bits per heavy atom. The lowest BCUT2D eigenvalue weighted by atomic mass is 10.2. The molecule has 0 spiro atoms. The Morgan fingerprint density at radius 2 is 2.25 bits per heavy atom. The molecule has 5 nitrogen and oxygen atoms in total. The van der Waals surface area contributed by atoms with E-state index < -0.39 is 0 Å². The molecule has 16 heavy (non-hydrogen) atoms. The maximum Gasteiger partial charge on any atom is 0.245 e. The molecule has 0 aliphatic carbocycles. The summed E-state index contributed by atoms with van der Waals surface area (Å²) in [5.74, 6) is 1.25. The van der Waals surface area contributed by atoms with Crippen LogP contribution in [0.5, 0.6) is 0 Å². The summed E-state index contributed by atoms with van der Waals surface area (Å²) in [6, 6.07) is 0.102. The first-order valence-electron chi connectivity index (χ1n) is 5.92. The molecule has 5 heteroatoms. The summed E-state index contributed by atoms with van der Waals surface area (Å²) >= 11 is 0. The molecule has 2 heterocycles. The minimum Gasteiger partial charge on any atom is -0.421 e. The molecule has 0 bridgehead atoms. The van der Waals surface area contributed by atoms with Crippen LogP contribution in [-0.2, 0) is 4.74 Å². The fourth-order valence-corrected chi connectivity index (χ4v) is 1.93. The van der Waals surface area contributed by atoms with Gasteiger partial charge in [0.1, 0.15) is 6.10 Å². The lowest BCUT2D eigenvalue weighted by molar-refractivity contribution is 0.0381. The molecule has 1 aromatic rings. The lowest BCUT2D eigenvalue weighted by Gasteiger charge is -2.07. The number of hydrogen-bond acceptors (Lipinski definition) is 5. The highest BCUT2D eigenvalue weighted by molar-refractivity contribution is 4.93. The number of aromatic nitrogens is 2. The summed E-state index contributed by atoms with van der Waals surface area (Å²) in [4.78, 5) is 0. The Balaban J connectivity index is 2.01. The highest BCUT2D eigenvalue weighted by Gasteiger charge is 2.28. The number of rotatable bonds is 4. The quantitative estimate of drug-likeness (QED) is 0.849. The monoisotopic (exact) mass is 225 g/mol. The third kappa shape index (κ3) is 2.41. The van der Waals surface area contributed by atoms with E-state index in [9.17, 15) is 0 Å². The molecule has 1 aromatic heterocycles. The molecular formula is C11H19N3O2. The van der Waals surface area contributed by atoms with E-state index >= 15 is 0 Å². The molecule has 3 atom stereocenters. The molecule has 1 fully saturated rings. The molecule has 3 unspecified atom stereocenters. The molecule has 0 radical (unpaired) electrons. The van der Waals surface area contributed by atoms with Crippen LogP contribution in [0.15, 0.2) is 4.42 Å². The summed E-state index contributed by atoms with van der Waals surface area (Å²) in [6.07, 6.45) is 2.32. The van der Waals surface area contributed by atoms with Crippen LogP contribution in [0.2, 0.25) is 0 Å². The summed E-state index contributed by atoms with van der Waals surface area (Å²) in [6.45, 7) is 7.02. The first kappa shape index (κ1) is 11.5. The number of nitrogens with zero attached hydrogens (tertiary/aromatic N) is 2. The Bertz CT molecular complexity index is 340. The zero-order valence-electron chi connectivity index (χ0n) is 10.1. The first-order valence-corrected chi connectivity index (χ1v) is 5.92. The van der Waals surface area contributed by atoms with Crippen LogP contribution in [0, 0.1) is 0 Å². The molecule has 2 rings (SSSR count). The van der Waals surface area contributed by atoms with Crippen LogP contribution in [0.25, 0.3) is 0 Å². The van der Waals surface area contributed by atoms with E-state index in [1.165, 1.54) is 0 Å². The van der Waals surface area contributed by atoms with Gasteiger partial charge in [0.15, 0.2) is 0 Å². The van der Waals surface area contributed by atoms with Crippen molar-refractivity contribution in [3.63, 3.8) is 0 Å². The Labute approximate surface area is 95.6 Å². The van der Waals surface area contributed by atoms with E-state index in [1.54, 1.807) is 0 Å². The van der Waals surface area contributed by atoms with Crippen molar-refractivity contribution < 1.29 is 9.15 Å². The van der Waals surface area contributed by atoms with Crippen LogP contribution in [0.3, 0.4) is 0 Å². The van der Waals surface area contributed by atoms with Crippen LogP contribution >= 0.6 is 0 Å². The number of hydrogen-bond donors (Lipinski definition) is 1. The highest BCUT2D eigenvalue weighted by atomic mass is 16.5. The van der Waals surface area contributed by atoms with Gasteiger partial charge >= 0.3 is 0 Å². The topological polar surface area (TPSA) is 60.2 Å². The van der Waals surface area contributed by atoms with E-state index in [-0.39, 0.29) is 12.1 Å². The molecule has 1 aliphatic heterocycles. The van der Waals surface area contributed by atoms with Gasteiger partial charge in [-0.1, -0.05) is 6.92 Å². The van der Waals surface area contributed by atoms with Gasteiger partial charge in [-0.05, 0) is 33.2 Å². The third-order valence-electron chi connectivity index (χ3n) is 2.84. The second-order valence-corrected chi connectivity index (χ2v) is 4.27. The van der Waals surface area contributed by atoms with E-state index in [2.05, 4.69) is 29.4 Å². The van der Waals surface area contributed by atoms with E-state index in [1.807, 2.05) is 6.92 Å². The van der Waals surface area contributed by atoms with E-state index in [4.69, 9.17) is 9.15 Å². The first-order chi connectivity index (χ1) is 7.70. The Morgan fingerprint density at radius 3 is 2.88 bits per heavy atom. The SMILES string of the molecule is CCNC(C)c1nnc(C2CCC(C)O2)o1. The van der Waals surface area contributed by atoms with Crippen LogP contribution in [0.4, 0.5) is 0 Å². The van der Waals surface area contributed by atoms with Gasteiger partial charge in [0, 0.05) is 0 Å². The average Bonchev–Trinajstić information content (AvgIpc) is 2.85. The fraction of sp³-hybridized carbons (Fsp3) is 0.818. The van der Waals surface area contributed by atoms with Gasteiger partial charge in [-0.3, -0.25) is 0 Å². The summed E-state index contributed by atoms with van der Waals surface area (Å²) in [5, 5.41) is 11.3. The van der Waals surface area contributed by atoms with Crippen molar-refractivity contribution in [1.82, 2.24) is 15.5 Å². The van der Waals surface area contributed by atoms with E-state index in [0.717, 1.165) is 19.4 Å². The summed E-state index contributed by atoms with van der Waals surface area (Å²) in [7, 11) is 0. The maximum absolute atomic E-state index is 5.68. The van der Waals surface area contributed by atoms with Crippen molar-refractivity contribution in [3.8, 4) is 0 Å². The maximum atomic E-state index is 5.68. The van der Waals surface area contributed by atoms with Crippen molar-refractivity contribution >= 4 is 0 Å². The molecular weight excluding hydrogens is 206 g/mol. The van der Waals surface area contributed by atoms with Crippen LogP contribution in [0.1, 0.15) is 57.5 Å². The van der Waals surface area contributed by atoms with Gasteiger partial charge in [0.25, 0.3) is 0 Å². The molecule has 0 amide bonds. The largest absolute Gasteiger partial charge is 0.421 e. The van der Waals surface area contributed by atoms with Gasteiger partial charge in [-0.15, -0.1) is 10.2 Å². The van der Waals surface area contributed by atoms with Gasteiger partial charge in [0.2, 0.25) is 11.8 Å². The van der Waals surface area contributed by atoms with Crippen LogP contribution < -0.4 is 5.32 Å². The number of nitrogens with one attached hydrogen (secondary N) is 1. The second-order valence-electron chi connectivity index (χ2n) is 4.27. The smallest absolute Gasteiger partial charge is 0.245 e. The highest BCUT2D eigenvalue weighted by Crippen LogP contribution is 2.31. The molecule has 0 aromatic carbocycles. The summed E-state index contributed by atoms with van der Waals surface area (Å²) < 4.78 is 11.3. The molecule has 1 aliphatic rings. The fourth-order valence-electron chi connectivity index (χ4n) is 1.93. The second kappa shape index (κ2) is 4.93. The average molecular weight is 225 g/mol. The van der Waals surface area contributed by atoms with E-state index in [0.29, 0.717) is 17.9 Å². The minimum absolute atomic E-state index is 0.00919. The van der Waals surface area contributed by atoms with Gasteiger partial charge in [-0.2, -0.15) is 0 Å². The zero-order valence-corrected chi connectivity index (χ0v) is 10.1. The predicted octanol–water partition coefficient (Wildman–Crippen LogP) is 1.98. The zero-order chi connectivity index (χ0) is 11.5. The summed E-state index contributed by atoms with van der Waals surface area (Å²) in [5.41, 5.74) is 0. The third-order valence-corrected chi connectivity index (χ3v) is 2.84. The van der Waals surface area contributed by atoms with Crippen molar-refractivity contribution in [1.29, 1.82) is 0 Å². The van der Waals surface area contributed by atoms with Gasteiger partial charge < -0.3 is 14.5 Å². The molecule has 1 saturated heterocycles. The predicted molar refractivity (Wildman–Crippen MR) is 58.9 cm³/mol. The lowest BCUT2D eigenvalue weighted by Crippen LogP contribution is -2.17. The van der Waals surface area contributed by atoms with Gasteiger partial charge in [-0.25, -0.2) is 0 Å². The van der Waals surface area contributed by atoms with Crippen molar-refractivity contribution in [2.24, 2.45) is 0 Å². The Hall–Kier alpha value is -0.940. The minimum atomic E-state index is -0.00919. The molecule has 90 valence electrons.